The van der Waals surface area contributed by atoms with Crippen molar-refractivity contribution in [1.29, 1.82) is 0 Å². The molecule has 1 heterocycles. The Hall–Kier alpha value is -1.06. The fraction of sp³-hybridized carbons (Fsp3) is 0.667. The summed E-state index contributed by atoms with van der Waals surface area (Å²) in [5, 5.41) is 3.55. The van der Waals surface area contributed by atoms with Crippen LogP contribution in [0.1, 0.15) is 49.4 Å². The van der Waals surface area contributed by atoms with Gasteiger partial charge >= 0.3 is 0 Å². The molecule has 1 atom stereocenters. The van der Waals surface area contributed by atoms with E-state index in [1.54, 1.807) is 7.11 Å². The van der Waals surface area contributed by atoms with E-state index in [1.165, 1.54) is 42.6 Å². The van der Waals surface area contributed by atoms with Gasteiger partial charge in [0.15, 0.2) is 0 Å². The molecule has 1 saturated heterocycles. The third-order valence-electron chi connectivity index (χ3n) is 4.92. The molecule has 1 aliphatic rings. The van der Waals surface area contributed by atoms with E-state index in [0.717, 1.165) is 5.75 Å². The molecule has 118 valence electrons. The van der Waals surface area contributed by atoms with Crippen molar-refractivity contribution in [2.75, 3.05) is 27.2 Å². The minimum absolute atomic E-state index is 0.0680. The summed E-state index contributed by atoms with van der Waals surface area (Å²) in [5.41, 5.74) is 3.92. The van der Waals surface area contributed by atoms with E-state index in [0.29, 0.717) is 0 Å². The molecule has 0 amide bonds. The van der Waals surface area contributed by atoms with Gasteiger partial charge in [-0.3, -0.25) is 4.90 Å². The van der Waals surface area contributed by atoms with Crippen LogP contribution in [0, 0.1) is 13.8 Å². The van der Waals surface area contributed by atoms with Crippen molar-refractivity contribution in [3.05, 3.63) is 28.8 Å². The van der Waals surface area contributed by atoms with Crippen LogP contribution in [0.5, 0.6) is 5.75 Å². The first-order chi connectivity index (χ1) is 9.91. The van der Waals surface area contributed by atoms with Gasteiger partial charge in [-0.15, -0.1) is 0 Å². The van der Waals surface area contributed by atoms with Crippen molar-refractivity contribution >= 4 is 0 Å². The number of aryl methyl sites for hydroxylation is 2. The predicted molar refractivity (Wildman–Crippen MR) is 89.2 cm³/mol. The summed E-state index contributed by atoms with van der Waals surface area (Å²) in [4.78, 5) is 2.60. The second kappa shape index (κ2) is 6.37. The van der Waals surface area contributed by atoms with Crippen molar-refractivity contribution < 1.29 is 4.74 Å². The van der Waals surface area contributed by atoms with E-state index in [9.17, 15) is 0 Å². The van der Waals surface area contributed by atoms with E-state index >= 15 is 0 Å². The molecule has 1 unspecified atom stereocenters. The number of ether oxygens (including phenoxy) is 1. The maximum atomic E-state index is 5.69. The molecule has 1 aliphatic heterocycles. The highest BCUT2D eigenvalue weighted by Crippen LogP contribution is 2.39. The first-order valence-corrected chi connectivity index (χ1v) is 7.99. The predicted octanol–water partition coefficient (Wildman–Crippen LogP) is 3.45. The average molecular weight is 290 g/mol. The van der Waals surface area contributed by atoms with Gasteiger partial charge < -0.3 is 10.1 Å². The van der Waals surface area contributed by atoms with Crippen LogP contribution < -0.4 is 10.1 Å². The summed E-state index contributed by atoms with van der Waals surface area (Å²) in [6, 6.07) is 4.65. The molecule has 1 N–H and O–H groups in total. The SMILES string of the molecule is CNC(c1c(C)cc(C)cc1OC)C(C)(C)N1CCCC1. The van der Waals surface area contributed by atoms with Crippen molar-refractivity contribution in [2.45, 2.75) is 52.1 Å². The third kappa shape index (κ3) is 3.09. The molecule has 3 nitrogen and oxygen atoms in total. The average Bonchev–Trinajstić information content (AvgIpc) is 2.96. The van der Waals surface area contributed by atoms with Crippen LogP contribution in [0.3, 0.4) is 0 Å². The summed E-state index contributed by atoms with van der Waals surface area (Å²) in [6.07, 6.45) is 2.62. The number of likely N-dealkylation sites (tertiary alicyclic amines) is 1. The normalized spacial score (nSPS) is 18.0. The highest BCUT2D eigenvalue weighted by atomic mass is 16.5. The van der Waals surface area contributed by atoms with Crippen molar-refractivity contribution in [2.24, 2.45) is 0 Å². The molecule has 1 fully saturated rings. The first-order valence-electron chi connectivity index (χ1n) is 7.99. The Kier molecular flexibility index (Phi) is 4.95. The first kappa shape index (κ1) is 16.3. The lowest BCUT2D eigenvalue weighted by Gasteiger charge is -2.43. The lowest BCUT2D eigenvalue weighted by Crippen LogP contribution is -2.51. The van der Waals surface area contributed by atoms with Crippen LogP contribution in [0.4, 0.5) is 0 Å². The molecule has 2 rings (SSSR count). The number of nitrogens with one attached hydrogen (secondary N) is 1. The Morgan fingerprint density at radius 1 is 1.19 bits per heavy atom. The molecule has 0 saturated carbocycles. The second-order valence-electron chi connectivity index (χ2n) is 6.77. The maximum Gasteiger partial charge on any atom is 0.124 e. The van der Waals surface area contributed by atoms with Crippen LogP contribution in [-0.4, -0.2) is 37.7 Å². The number of hydrogen-bond donors (Lipinski definition) is 1. The fourth-order valence-electron chi connectivity index (χ4n) is 3.81. The quantitative estimate of drug-likeness (QED) is 0.899. The Morgan fingerprint density at radius 3 is 2.33 bits per heavy atom. The number of likely N-dealkylation sites (N-methyl/N-ethyl adjacent to an activating group) is 1. The zero-order valence-electron chi connectivity index (χ0n) is 14.4. The third-order valence-corrected chi connectivity index (χ3v) is 4.92. The smallest absolute Gasteiger partial charge is 0.124 e. The Balaban J connectivity index is 2.45. The van der Waals surface area contributed by atoms with Gasteiger partial charge in [-0.1, -0.05) is 6.07 Å². The topological polar surface area (TPSA) is 24.5 Å². The van der Waals surface area contributed by atoms with Gasteiger partial charge in [0.2, 0.25) is 0 Å². The van der Waals surface area contributed by atoms with Gasteiger partial charge in [-0.25, -0.2) is 0 Å². The highest BCUT2D eigenvalue weighted by Gasteiger charge is 2.38. The molecule has 0 bridgehead atoms. The Labute approximate surface area is 129 Å². The molecule has 21 heavy (non-hydrogen) atoms. The minimum atomic E-state index is 0.0680. The van der Waals surface area contributed by atoms with Crippen molar-refractivity contribution in [3.8, 4) is 5.75 Å². The molecule has 1 aromatic rings. The molecular weight excluding hydrogens is 260 g/mol. The molecule has 3 heteroatoms. The van der Waals surface area contributed by atoms with Gasteiger partial charge in [-0.05, 0) is 77.9 Å². The summed E-state index contributed by atoms with van der Waals surface area (Å²) in [6.45, 7) is 11.4. The zero-order valence-corrected chi connectivity index (χ0v) is 14.4. The minimum Gasteiger partial charge on any atom is -0.496 e. The van der Waals surface area contributed by atoms with Crippen LogP contribution in [0.15, 0.2) is 12.1 Å². The van der Waals surface area contributed by atoms with Gasteiger partial charge in [0.05, 0.1) is 13.2 Å². The molecule has 1 aromatic carbocycles. The summed E-state index contributed by atoms with van der Waals surface area (Å²) >= 11 is 0. The Morgan fingerprint density at radius 2 is 1.81 bits per heavy atom. The summed E-state index contributed by atoms with van der Waals surface area (Å²) in [7, 11) is 3.83. The van der Waals surface area contributed by atoms with Crippen LogP contribution in [0.25, 0.3) is 0 Å². The van der Waals surface area contributed by atoms with E-state index in [1.807, 2.05) is 0 Å². The van der Waals surface area contributed by atoms with Crippen LogP contribution >= 0.6 is 0 Å². The number of methoxy groups -OCH3 is 1. The number of nitrogens with zero attached hydrogens (tertiary/aromatic N) is 1. The molecule has 0 aliphatic carbocycles. The molecule has 0 aromatic heterocycles. The van der Waals surface area contributed by atoms with Crippen LogP contribution in [-0.2, 0) is 0 Å². The molecule has 0 radical (unpaired) electrons. The van der Waals surface area contributed by atoms with Gasteiger partial charge in [0, 0.05) is 11.1 Å². The van der Waals surface area contributed by atoms with Gasteiger partial charge in [0.1, 0.15) is 5.75 Å². The summed E-state index contributed by atoms with van der Waals surface area (Å²) < 4.78 is 5.69. The second-order valence-corrected chi connectivity index (χ2v) is 6.77. The van der Waals surface area contributed by atoms with E-state index in [2.05, 4.69) is 57.1 Å². The Bertz CT molecular complexity index is 490. The maximum absolute atomic E-state index is 5.69. The fourth-order valence-corrected chi connectivity index (χ4v) is 3.81. The van der Waals surface area contributed by atoms with E-state index in [4.69, 9.17) is 4.74 Å². The van der Waals surface area contributed by atoms with Crippen LogP contribution in [0.2, 0.25) is 0 Å². The highest BCUT2D eigenvalue weighted by molar-refractivity contribution is 5.46. The lowest BCUT2D eigenvalue weighted by atomic mass is 9.84. The summed E-state index contributed by atoms with van der Waals surface area (Å²) in [5.74, 6) is 0.999. The lowest BCUT2D eigenvalue weighted by molar-refractivity contribution is 0.109. The van der Waals surface area contributed by atoms with E-state index in [-0.39, 0.29) is 11.6 Å². The van der Waals surface area contributed by atoms with Crippen molar-refractivity contribution in [3.63, 3.8) is 0 Å². The monoisotopic (exact) mass is 290 g/mol. The van der Waals surface area contributed by atoms with E-state index < -0.39 is 0 Å². The molecular formula is C18H30N2O. The van der Waals surface area contributed by atoms with Gasteiger partial charge in [0.25, 0.3) is 0 Å². The zero-order chi connectivity index (χ0) is 15.6. The largest absolute Gasteiger partial charge is 0.496 e. The number of hydrogen-bond acceptors (Lipinski definition) is 3. The van der Waals surface area contributed by atoms with Crippen molar-refractivity contribution in [1.82, 2.24) is 10.2 Å². The molecule has 0 spiro atoms. The standard InChI is InChI=1S/C18H30N2O/c1-13-11-14(2)16(15(12-13)21-6)17(19-5)18(3,4)20-9-7-8-10-20/h11-12,17,19H,7-10H2,1-6H3. The number of rotatable bonds is 5. The number of benzene rings is 1. The van der Waals surface area contributed by atoms with Gasteiger partial charge in [-0.2, -0.15) is 0 Å².